The van der Waals surface area contributed by atoms with Crippen molar-refractivity contribution in [2.45, 2.75) is 38.2 Å². The van der Waals surface area contributed by atoms with Gasteiger partial charge in [-0.05, 0) is 38.0 Å². The zero-order valence-corrected chi connectivity index (χ0v) is 12.4. The minimum atomic E-state index is -3.09. The third kappa shape index (κ3) is 4.41. The van der Waals surface area contributed by atoms with E-state index >= 15 is 0 Å². The van der Waals surface area contributed by atoms with Gasteiger partial charge in [0, 0.05) is 25.6 Å². The monoisotopic (exact) mass is 291 g/mol. The number of rotatable bonds is 4. The van der Waals surface area contributed by atoms with Crippen molar-refractivity contribution >= 4 is 10.0 Å². The summed E-state index contributed by atoms with van der Waals surface area (Å²) in [6.07, 6.45) is 5.54. The predicted octanol–water partition coefficient (Wildman–Crippen LogP) is 0.836. The van der Waals surface area contributed by atoms with E-state index in [2.05, 4.69) is 0 Å². The van der Waals surface area contributed by atoms with Gasteiger partial charge in [0.05, 0.1) is 19.0 Å². The average Bonchev–Trinajstić information content (AvgIpc) is 2.39. The zero-order valence-electron chi connectivity index (χ0n) is 11.6. The molecule has 0 aromatic heterocycles. The average molecular weight is 291 g/mol. The van der Waals surface area contributed by atoms with E-state index in [1.807, 2.05) is 0 Å². The Hall–Kier alpha value is -0.170. The molecule has 0 aromatic carbocycles. The molecule has 0 aromatic rings. The Morgan fingerprint density at radius 1 is 1.37 bits per heavy atom. The molecule has 2 aliphatic rings. The van der Waals surface area contributed by atoms with Crippen LogP contribution in [0.3, 0.4) is 0 Å². The minimum Gasteiger partial charge on any atom is -0.393 e. The van der Waals surface area contributed by atoms with Crippen LogP contribution in [0.1, 0.15) is 32.1 Å². The Kier molecular flexibility index (Phi) is 5.22. The first kappa shape index (κ1) is 15.2. The summed E-state index contributed by atoms with van der Waals surface area (Å²) in [7, 11) is -3.09. The van der Waals surface area contributed by atoms with Crippen LogP contribution in [0.4, 0.5) is 0 Å². The van der Waals surface area contributed by atoms with Crippen molar-refractivity contribution in [1.29, 1.82) is 0 Å². The lowest BCUT2D eigenvalue weighted by atomic mass is 9.86. The third-order valence-electron chi connectivity index (χ3n) is 4.27. The van der Waals surface area contributed by atoms with Gasteiger partial charge in [-0.1, -0.05) is 0 Å². The molecule has 2 heterocycles. The van der Waals surface area contributed by atoms with Gasteiger partial charge < -0.3 is 9.84 Å². The van der Waals surface area contributed by atoms with Gasteiger partial charge in [0.2, 0.25) is 10.0 Å². The number of piperidine rings is 1. The van der Waals surface area contributed by atoms with E-state index in [1.165, 1.54) is 6.26 Å². The fraction of sp³-hybridized carbons (Fsp3) is 1.00. The lowest BCUT2D eigenvalue weighted by molar-refractivity contribution is -0.0202. The Balaban J connectivity index is 1.84. The van der Waals surface area contributed by atoms with Crippen molar-refractivity contribution in [3.05, 3.63) is 0 Å². The van der Waals surface area contributed by atoms with Crippen molar-refractivity contribution < 1.29 is 18.3 Å². The molecule has 2 fully saturated rings. The van der Waals surface area contributed by atoms with Gasteiger partial charge >= 0.3 is 0 Å². The molecule has 0 saturated carbocycles. The molecule has 6 heteroatoms. The molecule has 0 radical (unpaired) electrons. The first-order chi connectivity index (χ1) is 8.97. The Morgan fingerprint density at radius 2 is 2.16 bits per heavy atom. The molecule has 112 valence electrons. The van der Waals surface area contributed by atoms with E-state index in [9.17, 15) is 13.5 Å². The minimum absolute atomic E-state index is 0.224. The van der Waals surface area contributed by atoms with Gasteiger partial charge in [-0.2, -0.15) is 0 Å². The van der Waals surface area contributed by atoms with Gasteiger partial charge in [0.15, 0.2) is 0 Å². The molecule has 2 rings (SSSR count). The second kappa shape index (κ2) is 6.52. The normalized spacial score (nSPS) is 32.1. The van der Waals surface area contributed by atoms with Crippen LogP contribution >= 0.6 is 0 Å². The highest BCUT2D eigenvalue weighted by molar-refractivity contribution is 7.88. The molecule has 0 spiro atoms. The molecule has 3 atom stereocenters. The molecule has 0 bridgehead atoms. The summed E-state index contributed by atoms with van der Waals surface area (Å²) >= 11 is 0. The molecular formula is C13H25NO4S. The number of hydrogen-bond donors (Lipinski definition) is 1. The lowest BCUT2D eigenvalue weighted by Gasteiger charge is -2.34. The van der Waals surface area contributed by atoms with Crippen molar-refractivity contribution in [2.75, 3.05) is 32.6 Å². The van der Waals surface area contributed by atoms with E-state index in [1.54, 1.807) is 4.31 Å². The highest BCUT2D eigenvalue weighted by atomic mass is 32.2. The largest absolute Gasteiger partial charge is 0.393 e. The van der Waals surface area contributed by atoms with Crippen LogP contribution in [0.15, 0.2) is 0 Å². The fourth-order valence-corrected chi connectivity index (χ4v) is 4.07. The van der Waals surface area contributed by atoms with Crippen molar-refractivity contribution in [3.63, 3.8) is 0 Å². The summed E-state index contributed by atoms with van der Waals surface area (Å²) < 4.78 is 30.1. The number of hydrogen-bond acceptors (Lipinski definition) is 4. The van der Waals surface area contributed by atoms with E-state index in [4.69, 9.17) is 4.74 Å². The van der Waals surface area contributed by atoms with Gasteiger partial charge in [-0.15, -0.1) is 0 Å². The summed E-state index contributed by atoms with van der Waals surface area (Å²) in [5.74, 6) is 0.503. The quantitative estimate of drug-likeness (QED) is 0.833. The number of aliphatic hydroxyl groups is 1. The van der Waals surface area contributed by atoms with Crippen LogP contribution in [-0.4, -0.2) is 56.5 Å². The summed E-state index contributed by atoms with van der Waals surface area (Å²) in [4.78, 5) is 0. The molecule has 0 aliphatic carbocycles. The van der Waals surface area contributed by atoms with Gasteiger partial charge in [-0.3, -0.25) is 0 Å². The maximum Gasteiger partial charge on any atom is 0.211 e. The summed E-state index contributed by atoms with van der Waals surface area (Å²) in [6, 6.07) is 0. The number of aliphatic hydroxyl groups excluding tert-OH is 1. The predicted molar refractivity (Wildman–Crippen MR) is 73.3 cm³/mol. The number of ether oxygens (including phenoxy) is 1. The Morgan fingerprint density at radius 3 is 2.79 bits per heavy atom. The van der Waals surface area contributed by atoms with Gasteiger partial charge in [-0.25, -0.2) is 12.7 Å². The SMILES string of the molecule is CS(=O)(=O)N1CCCC(CC(O)C2CCCOC2)C1. The lowest BCUT2D eigenvalue weighted by Crippen LogP contribution is -2.41. The van der Waals surface area contributed by atoms with Crippen molar-refractivity contribution in [1.82, 2.24) is 4.31 Å². The molecule has 2 saturated heterocycles. The maximum absolute atomic E-state index is 11.6. The summed E-state index contributed by atoms with van der Waals surface area (Å²) in [5.41, 5.74) is 0. The van der Waals surface area contributed by atoms with Crippen LogP contribution in [0.2, 0.25) is 0 Å². The number of nitrogens with zero attached hydrogens (tertiary/aromatic N) is 1. The standard InChI is InChI=1S/C13H25NO4S/c1-19(16,17)14-6-2-4-11(9-14)8-13(15)12-5-3-7-18-10-12/h11-13,15H,2-10H2,1H3. The van der Waals surface area contributed by atoms with E-state index < -0.39 is 10.0 Å². The molecule has 1 N–H and O–H groups in total. The Bertz CT molecular complexity index is 378. The molecule has 19 heavy (non-hydrogen) atoms. The summed E-state index contributed by atoms with van der Waals surface area (Å²) in [6.45, 7) is 2.62. The molecule has 2 aliphatic heterocycles. The van der Waals surface area contributed by atoms with Crippen molar-refractivity contribution in [3.8, 4) is 0 Å². The summed E-state index contributed by atoms with van der Waals surface area (Å²) in [5, 5.41) is 10.3. The van der Waals surface area contributed by atoms with E-state index in [-0.39, 0.29) is 17.9 Å². The first-order valence-corrected chi connectivity index (χ1v) is 9.02. The highest BCUT2D eigenvalue weighted by Gasteiger charge is 2.30. The molecule has 5 nitrogen and oxygen atoms in total. The number of sulfonamides is 1. The highest BCUT2D eigenvalue weighted by Crippen LogP contribution is 2.27. The third-order valence-corrected chi connectivity index (χ3v) is 5.53. The van der Waals surface area contributed by atoms with Crippen LogP contribution in [-0.2, 0) is 14.8 Å². The van der Waals surface area contributed by atoms with Crippen LogP contribution < -0.4 is 0 Å². The second-order valence-electron chi connectivity index (χ2n) is 5.91. The topological polar surface area (TPSA) is 66.8 Å². The second-order valence-corrected chi connectivity index (χ2v) is 7.89. The fourth-order valence-electron chi connectivity index (χ4n) is 3.12. The van der Waals surface area contributed by atoms with Crippen molar-refractivity contribution in [2.24, 2.45) is 11.8 Å². The maximum atomic E-state index is 11.6. The molecular weight excluding hydrogens is 266 g/mol. The van der Waals surface area contributed by atoms with Gasteiger partial charge in [0.1, 0.15) is 0 Å². The molecule has 3 unspecified atom stereocenters. The first-order valence-electron chi connectivity index (χ1n) is 7.17. The molecule has 0 amide bonds. The Labute approximate surface area is 116 Å². The zero-order chi connectivity index (χ0) is 13.9. The van der Waals surface area contributed by atoms with Crippen LogP contribution in [0.5, 0.6) is 0 Å². The van der Waals surface area contributed by atoms with Crippen LogP contribution in [0.25, 0.3) is 0 Å². The smallest absolute Gasteiger partial charge is 0.211 e. The van der Waals surface area contributed by atoms with E-state index in [0.717, 1.165) is 32.3 Å². The van der Waals surface area contributed by atoms with Gasteiger partial charge in [0.25, 0.3) is 0 Å². The van der Waals surface area contributed by atoms with Crippen LogP contribution in [0, 0.1) is 11.8 Å². The van der Waals surface area contributed by atoms with E-state index in [0.29, 0.717) is 26.1 Å².